The number of benzene rings is 2. The number of anilines is 1. The number of morpholine rings is 1. The Morgan fingerprint density at radius 1 is 1.06 bits per heavy atom. The quantitative estimate of drug-likeness (QED) is 0.563. The van der Waals surface area contributed by atoms with Crippen LogP contribution in [0.25, 0.3) is 22.2 Å². The maximum Gasteiger partial charge on any atom is 0.243 e. The van der Waals surface area contributed by atoms with E-state index in [2.05, 4.69) is 41.1 Å². The van der Waals surface area contributed by atoms with Crippen LogP contribution < -0.4 is 4.90 Å². The van der Waals surface area contributed by atoms with Crippen molar-refractivity contribution in [1.29, 1.82) is 0 Å². The first-order valence-corrected chi connectivity index (χ1v) is 13.6. The molecular weight excluding hydrogens is 464 g/mol. The third kappa shape index (κ3) is 4.80. The molecule has 0 unspecified atom stereocenters. The van der Waals surface area contributed by atoms with Gasteiger partial charge < -0.3 is 19.5 Å². The summed E-state index contributed by atoms with van der Waals surface area (Å²) in [6.07, 6.45) is 2.25. The molecule has 0 radical (unpaired) electrons. The second-order valence-corrected chi connectivity index (χ2v) is 11.4. The Kier molecular flexibility index (Phi) is 6.57. The predicted octanol–water partition coefficient (Wildman–Crippen LogP) is 3.47. The van der Waals surface area contributed by atoms with Crippen LogP contribution in [0.4, 0.5) is 5.69 Å². The van der Waals surface area contributed by atoms with E-state index in [1.54, 1.807) is 17.0 Å². The zero-order chi connectivity index (χ0) is 24.6. The van der Waals surface area contributed by atoms with Crippen molar-refractivity contribution in [3.63, 3.8) is 0 Å². The molecule has 1 amide bonds. The van der Waals surface area contributed by atoms with Gasteiger partial charge in [0.05, 0.1) is 24.7 Å². The Morgan fingerprint density at radius 3 is 2.54 bits per heavy atom. The minimum atomic E-state index is -3.86. The average molecular weight is 499 g/mol. The van der Waals surface area contributed by atoms with Crippen molar-refractivity contribution in [2.75, 3.05) is 57.9 Å². The summed E-state index contributed by atoms with van der Waals surface area (Å²) in [5.41, 5.74) is 4.95. The molecule has 3 aromatic rings. The average Bonchev–Trinajstić information content (AvgIpc) is 3.54. The van der Waals surface area contributed by atoms with Crippen molar-refractivity contribution in [3.05, 3.63) is 48.0 Å². The van der Waals surface area contributed by atoms with E-state index in [1.807, 2.05) is 6.07 Å². The number of H-pyrrole nitrogens is 1. The van der Waals surface area contributed by atoms with Gasteiger partial charge in [0.15, 0.2) is 0 Å². The number of rotatable bonds is 6. The van der Waals surface area contributed by atoms with E-state index in [-0.39, 0.29) is 18.8 Å². The lowest BCUT2D eigenvalue weighted by atomic mass is 10.1. The van der Waals surface area contributed by atoms with Crippen LogP contribution in [0, 0.1) is 6.92 Å². The van der Waals surface area contributed by atoms with Gasteiger partial charge in [-0.15, -0.1) is 0 Å². The Bertz CT molecular complexity index is 1350. The molecule has 1 N–H and O–H groups in total. The number of nitrogens with zero attached hydrogens (tertiary/aromatic N) is 3. The van der Waals surface area contributed by atoms with Crippen LogP contribution in [0.3, 0.4) is 0 Å². The number of carbonyl (C=O) groups excluding carboxylic acids is 1. The molecule has 2 aliphatic heterocycles. The van der Waals surface area contributed by atoms with Gasteiger partial charge in [-0.1, -0.05) is 12.1 Å². The summed E-state index contributed by atoms with van der Waals surface area (Å²) < 4.78 is 33.4. The molecular formula is C26H34N4O4S. The van der Waals surface area contributed by atoms with Crippen LogP contribution in [0.5, 0.6) is 0 Å². The molecule has 35 heavy (non-hydrogen) atoms. The third-order valence-electron chi connectivity index (χ3n) is 6.91. The third-order valence-corrected chi connectivity index (χ3v) is 8.71. The SMILES string of the molecule is Cc1ccc2cc(-c3cc(S(=O)(=O)N(C)CC(=O)N4CCOCC4)ccc3N3CCCC3)[nH]c2c1.[HH]. The van der Waals surface area contributed by atoms with Gasteiger partial charge in [0.2, 0.25) is 15.9 Å². The van der Waals surface area contributed by atoms with Crippen LogP contribution in [-0.4, -0.2) is 81.5 Å². The molecule has 1 aromatic heterocycles. The van der Waals surface area contributed by atoms with Crippen molar-refractivity contribution >= 4 is 32.5 Å². The van der Waals surface area contributed by atoms with Gasteiger partial charge in [-0.25, -0.2) is 8.42 Å². The summed E-state index contributed by atoms with van der Waals surface area (Å²) in [7, 11) is -2.39. The number of carbonyl (C=O) groups is 1. The van der Waals surface area contributed by atoms with Crippen LogP contribution in [-0.2, 0) is 19.6 Å². The highest BCUT2D eigenvalue weighted by atomic mass is 32.2. The molecule has 188 valence electrons. The molecule has 0 spiro atoms. The van der Waals surface area contributed by atoms with E-state index in [0.29, 0.717) is 26.3 Å². The molecule has 2 saturated heterocycles. The van der Waals surface area contributed by atoms with Gasteiger partial charge in [0.1, 0.15) is 0 Å². The number of likely N-dealkylation sites (N-methyl/N-ethyl adjacent to an activating group) is 1. The zero-order valence-electron chi connectivity index (χ0n) is 20.3. The van der Waals surface area contributed by atoms with Crippen LogP contribution in [0.1, 0.15) is 19.8 Å². The van der Waals surface area contributed by atoms with Crippen LogP contribution in [0.2, 0.25) is 0 Å². The fourth-order valence-corrected chi connectivity index (χ4v) is 6.03. The zero-order valence-corrected chi connectivity index (χ0v) is 21.1. The predicted molar refractivity (Wildman–Crippen MR) is 139 cm³/mol. The van der Waals surface area contributed by atoms with Crippen LogP contribution in [0.15, 0.2) is 47.4 Å². The lowest BCUT2D eigenvalue weighted by Crippen LogP contribution is -2.46. The maximum absolute atomic E-state index is 13.5. The smallest absolute Gasteiger partial charge is 0.243 e. The van der Waals surface area contributed by atoms with Crippen molar-refractivity contribution in [2.24, 2.45) is 0 Å². The molecule has 0 aliphatic carbocycles. The summed E-state index contributed by atoms with van der Waals surface area (Å²) in [5, 5.41) is 1.08. The molecule has 9 heteroatoms. The number of nitrogens with one attached hydrogen (secondary N) is 1. The Balaban J connectivity index is 0.00000304. The molecule has 2 aromatic carbocycles. The summed E-state index contributed by atoms with van der Waals surface area (Å²) >= 11 is 0. The standard InChI is InChI=1S/C26H32N4O4S.H2/c1-19-5-6-20-16-24(27-23(20)15-19)22-17-21(7-8-25(22)29-9-3-4-10-29)35(32,33)28(2)18-26(31)30-11-13-34-14-12-30;/h5-8,15-17,27H,3-4,9-14,18H2,1-2H3;1H. The largest absolute Gasteiger partial charge is 0.378 e. The molecule has 2 aliphatic rings. The first-order valence-electron chi connectivity index (χ1n) is 12.1. The van der Waals surface area contributed by atoms with Crippen molar-refractivity contribution in [3.8, 4) is 11.3 Å². The number of aromatic amines is 1. The van der Waals surface area contributed by atoms with E-state index >= 15 is 0 Å². The molecule has 3 heterocycles. The highest BCUT2D eigenvalue weighted by Crippen LogP contribution is 2.36. The second kappa shape index (κ2) is 9.64. The van der Waals surface area contributed by atoms with Gasteiger partial charge in [-0.2, -0.15) is 4.31 Å². The first-order chi connectivity index (χ1) is 16.8. The van der Waals surface area contributed by atoms with E-state index in [1.165, 1.54) is 7.05 Å². The molecule has 2 fully saturated rings. The molecule has 0 saturated carbocycles. The highest BCUT2D eigenvalue weighted by molar-refractivity contribution is 7.89. The fourth-order valence-electron chi connectivity index (χ4n) is 4.88. The highest BCUT2D eigenvalue weighted by Gasteiger charge is 2.28. The summed E-state index contributed by atoms with van der Waals surface area (Å²) in [6.45, 7) is 5.69. The first kappa shape index (κ1) is 23.8. The second-order valence-electron chi connectivity index (χ2n) is 9.40. The Hall–Kier alpha value is -2.88. The summed E-state index contributed by atoms with van der Waals surface area (Å²) in [5.74, 6) is -0.209. The van der Waals surface area contributed by atoms with Gasteiger partial charge in [0.25, 0.3) is 0 Å². The summed E-state index contributed by atoms with van der Waals surface area (Å²) in [4.78, 5) is 20.3. The number of hydrogen-bond donors (Lipinski definition) is 1. The minimum absolute atomic E-state index is 0. The molecule has 5 rings (SSSR count). The molecule has 0 bridgehead atoms. The van der Waals surface area contributed by atoms with Gasteiger partial charge in [-0.3, -0.25) is 4.79 Å². The topological polar surface area (TPSA) is 85.9 Å². The van der Waals surface area contributed by atoms with E-state index in [4.69, 9.17) is 4.74 Å². The van der Waals surface area contributed by atoms with E-state index < -0.39 is 10.0 Å². The lowest BCUT2D eigenvalue weighted by Gasteiger charge is -2.28. The Morgan fingerprint density at radius 2 is 1.80 bits per heavy atom. The number of ether oxygens (including phenoxy) is 1. The van der Waals surface area contributed by atoms with E-state index in [9.17, 15) is 13.2 Å². The fraction of sp³-hybridized carbons (Fsp3) is 0.423. The van der Waals surface area contributed by atoms with Crippen molar-refractivity contribution < 1.29 is 19.4 Å². The normalized spacial score (nSPS) is 17.0. The monoisotopic (exact) mass is 498 g/mol. The van der Waals surface area contributed by atoms with Gasteiger partial charge >= 0.3 is 0 Å². The number of sulfonamides is 1. The summed E-state index contributed by atoms with van der Waals surface area (Å²) in [6, 6.07) is 13.6. The Labute approximate surface area is 208 Å². The number of aryl methyl sites for hydroxylation is 1. The number of fused-ring (bicyclic) bond motifs is 1. The molecule has 0 atom stereocenters. The van der Waals surface area contributed by atoms with Crippen molar-refractivity contribution in [2.45, 2.75) is 24.7 Å². The number of amides is 1. The number of aromatic nitrogens is 1. The van der Waals surface area contributed by atoms with Crippen LogP contribution >= 0.6 is 0 Å². The van der Waals surface area contributed by atoms with Gasteiger partial charge in [-0.05, 0) is 55.7 Å². The van der Waals surface area contributed by atoms with Gasteiger partial charge in [0, 0.05) is 62.5 Å². The minimum Gasteiger partial charge on any atom is -0.378 e. The maximum atomic E-state index is 13.5. The molecule has 8 nitrogen and oxygen atoms in total. The lowest BCUT2D eigenvalue weighted by molar-refractivity contribution is -0.135. The van der Waals surface area contributed by atoms with E-state index in [0.717, 1.165) is 63.6 Å². The van der Waals surface area contributed by atoms with Crippen molar-refractivity contribution in [1.82, 2.24) is 14.2 Å². The number of hydrogen-bond acceptors (Lipinski definition) is 5.